The van der Waals surface area contributed by atoms with Crippen LogP contribution in [0.15, 0.2) is 255 Å². The van der Waals surface area contributed by atoms with Crippen molar-refractivity contribution in [2.75, 3.05) is 0 Å². The molecule has 0 unspecified atom stereocenters. The van der Waals surface area contributed by atoms with Gasteiger partial charge in [-0.05, 0) is 117 Å². The van der Waals surface area contributed by atoms with Crippen LogP contribution in [-0.4, -0.2) is 21.7 Å². The summed E-state index contributed by atoms with van der Waals surface area (Å²) >= 11 is 0. The van der Waals surface area contributed by atoms with Crippen LogP contribution in [0.5, 0.6) is 0 Å². The molecule has 4 heteroatoms. The van der Waals surface area contributed by atoms with Gasteiger partial charge in [0.2, 0.25) is 0 Å². The first-order valence-electron chi connectivity index (χ1n) is 23.2. The van der Waals surface area contributed by atoms with E-state index in [4.69, 9.17) is 0 Å². The van der Waals surface area contributed by atoms with E-state index in [9.17, 15) is 10.0 Å². The summed E-state index contributed by atoms with van der Waals surface area (Å²) in [6.07, 6.45) is 0. The fourth-order valence-corrected chi connectivity index (χ4v) is 10.5. The Morgan fingerprint density at radius 3 is 0.786 bits per heavy atom. The van der Waals surface area contributed by atoms with Gasteiger partial charge in [-0.2, -0.15) is 0 Å². The van der Waals surface area contributed by atoms with Crippen molar-refractivity contribution in [1.29, 1.82) is 0 Å². The first-order valence-corrected chi connectivity index (χ1v) is 23.2. The molecule has 0 saturated heterocycles. The Balaban J connectivity index is 0.000000164. The molecule has 1 aromatic heterocycles. The van der Waals surface area contributed by atoms with Crippen LogP contribution in [0.25, 0.3) is 115 Å². The predicted octanol–water partition coefficient (Wildman–Crippen LogP) is 16.7. The van der Waals surface area contributed by atoms with Crippen LogP contribution in [0.2, 0.25) is 0 Å². The minimum Gasteiger partial charge on any atom is -0.423 e. The van der Waals surface area contributed by atoms with E-state index in [0.717, 1.165) is 11.1 Å². The van der Waals surface area contributed by atoms with Crippen molar-refractivity contribution in [1.82, 2.24) is 4.57 Å². The van der Waals surface area contributed by atoms with E-state index in [1.807, 2.05) is 18.2 Å². The number of hydrogen-bond donors (Lipinski definition) is 2. The van der Waals surface area contributed by atoms with Gasteiger partial charge in [0.15, 0.2) is 0 Å². The van der Waals surface area contributed by atoms with Gasteiger partial charge in [0, 0.05) is 16.5 Å². The van der Waals surface area contributed by atoms with Crippen LogP contribution >= 0.6 is 0 Å². The molecule has 0 bridgehead atoms. The highest BCUT2D eigenvalue weighted by molar-refractivity contribution is 6.58. The first-order chi connectivity index (χ1) is 33.6. The second kappa shape index (κ2) is 19.2. The Morgan fingerprint density at radius 1 is 0.243 bits per heavy atom. The minimum atomic E-state index is -1.46. The molecule has 13 aromatic rings. The maximum Gasteiger partial charge on any atom is 0.488 e. The molecule has 0 spiro atoms. The van der Waals surface area contributed by atoms with Gasteiger partial charge in [0.05, 0.1) is 11.0 Å². The summed E-state index contributed by atoms with van der Waals surface area (Å²) in [6.45, 7) is 0. The molecule has 13 rings (SSSR count). The highest BCUT2D eigenvalue weighted by Crippen LogP contribution is 2.45. The molecular weight excluding hydrogens is 850 g/mol. The molecule has 0 amide bonds. The SMILES string of the molecule is C.C.OB(O)c1ccc(-c2c3ccccc3c(-c3ccccc3)c3ccccc23)cc1.c1ccc(-c2c3ccccc3c(-c3ccc(-n4c5ccccc5c5ccccc54)cc3)c3ccccc23)cc1. The van der Waals surface area contributed by atoms with E-state index in [0.29, 0.717) is 5.46 Å². The van der Waals surface area contributed by atoms with Gasteiger partial charge in [-0.3, -0.25) is 0 Å². The molecule has 1 heterocycles. The fraction of sp³-hybridized carbons (Fsp3) is 0.0303. The number of fused-ring (bicyclic) bond motifs is 7. The van der Waals surface area contributed by atoms with Crippen molar-refractivity contribution < 1.29 is 10.0 Å². The van der Waals surface area contributed by atoms with Crippen LogP contribution in [0.4, 0.5) is 0 Å². The number of benzene rings is 12. The molecular formula is C66H52BNO2. The van der Waals surface area contributed by atoms with Gasteiger partial charge < -0.3 is 14.6 Å². The number of nitrogens with zero attached hydrogens (tertiary/aromatic N) is 1. The largest absolute Gasteiger partial charge is 0.488 e. The Labute approximate surface area is 410 Å². The summed E-state index contributed by atoms with van der Waals surface area (Å²) in [5.74, 6) is 0. The fourth-order valence-electron chi connectivity index (χ4n) is 10.5. The Kier molecular flexibility index (Phi) is 12.4. The topological polar surface area (TPSA) is 45.4 Å². The van der Waals surface area contributed by atoms with Crippen LogP contribution in [0, 0.1) is 0 Å². The van der Waals surface area contributed by atoms with Gasteiger partial charge in [-0.15, -0.1) is 0 Å². The van der Waals surface area contributed by atoms with Crippen molar-refractivity contribution in [2.45, 2.75) is 14.9 Å². The van der Waals surface area contributed by atoms with Crippen molar-refractivity contribution in [2.24, 2.45) is 0 Å². The molecule has 70 heavy (non-hydrogen) atoms. The summed E-state index contributed by atoms with van der Waals surface area (Å²) in [4.78, 5) is 0. The summed E-state index contributed by atoms with van der Waals surface area (Å²) in [6, 6.07) is 89.9. The van der Waals surface area contributed by atoms with Gasteiger partial charge in [-0.1, -0.05) is 245 Å². The molecule has 12 aromatic carbocycles. The van der Waals surface area contributed by atoms with E-state index in [-0.39, 0.29) is 14.9 Å². The normalized spacial score (nSPS) is 11.1. The van der Waals surface area contributed by atoms with Gasteiger partial charge >= 0.3 is 7.12 Å². The van der Waals surface area contributed by atoms with Crippen molar-refractivity contribution in [3.63, 3.8) is 0 Å². The van der Waals surface area contributed by atoms with Crippen molar-refractivity contribution in [3.8, 4) is 50.2 Å². The molecule has 3 nitrogen and oxygen atoms in total. The average molecular weight is 902 g/mol. The molecule has 0 saturated carbocycles. The summed E-state index contributed by atoms with van der Waals surface area (Å²) < 4.78 is 2.38. The Bertz CT molecular complexity index is 3810. The quantitative estimate of drug-likeness (QED) is 0.129. The van der Waals surface area contributed by atoms with Gasteiger partial charge in [0.25, 0.3) is 0 Å². The predicted molar refractivity (Wildman–Crippen MR) is 302 cm³/mol. The third-order valence-corrected chi connectivity index (χ3v) is 13.5. The third-order valence-electron chi connectivity index (χ3n) is 13.5. The summed E-state index contributed by atoms with van der Waals surface area (Å²) in [5, 5.41) is 31.4. The number of aromatic nitrogens is 1. The van der Waals surface area contributed by atoms with E-state index in [1.54, 1.807) is 12.1 Å². The monoisotopic (exact) mass is 901 g/mol. The van der Waals surface area contributed by atoms with Crippen LogP contribution < -0.4 is 5.46 Å². The molecule has 0 aliphatic rings. The Hall–Kier alpha value is -8.54. The number of hydrogen-bond acceptors (Lipinski definition) is 2. The van der Waals surface area contributed by atoms with Crippen LogP contribution in [0.1, 0.15) is 14.9 Å². The number of rotatable bonds is 6. The maximum absolute atomic E-state index is 9.45. The zero-order valence-corrected chi connectivity index (χ0v) is 37.2. The van der Waals surface area contributed by atoms with E-state index >= 15 is 0 Å². The van der Waals surface area contributed by atoms with Crippen LogP contribution in [0.3, 0.4) is 0 Å². The number of para-hydroxylation sites is 2. The van der Waals surface area contributed by atoms with Crippen molar-refractivity contribution in [3.05, 3.63) is 255 Å². The zero-order chi connectivity index (χ0) is 45.6. The summed E-state index contributed by atoms with van der Waals surface area (Å²) in [7, 11) is -1.46. The summed E-state index contributed by atoms with van der Waals surface area (Å²) in [5.41, 5.74) is 13.8. The van der Waals surface area contributed by atoms with E-state index < -0.39 is 7.12 Å². The molecule has 0 aliphatic carbocycles. The van der Waals surface area contributed by atoms with E-state index in [1.165, 1.54) is 104 Å². The molecule has 0 aliphatic heterocycles. The second-order valence-electron chi connectivity index (χ2n) is 17.3. The zero-order valence-electron chi connectivity index (χ0n) is 37.2. The van der Waals surface area contributed by atoms with Gasteiger partial charge in [0.1, 0.15) is 0 Å². The highest BCUT2D eigenvalue weighted by atomic mass is 16.4. The van der Waals surface area contributed by atoms with Gasteiger partial charge in [-0.25, -0.2) is 0 Å². The first kappa shape index (κ1) is 45.3. The molecule has 2 N–H and O–H groups in total. The molecule has 0 atom stereocenters. The van der Waals surface area contributed by atoms with E-state index in [2.05, 4.69) is 229 Å². The van der Waals surface area contributed by atoms with Crippen molar-refractivity contribution >= 4 is 77.5 Å². The lowest BCUT2D eigenvalue weighted by Crippen LogP contribution is -2.29. The lowest BCUT2D eigenvalue weighted by Gasteiger charge is -2.18. The smallest absolute Gasteiger partial charge is 0.423 e. The lowest BCUT2D eigenvalue weighted by atomic mass is 9.79. The minimum absolute atomic E-state index is 0. The second-order valence-corrected chi connectivity index (χ2v) is 17.3. The molecule has 0 fully saturated rings. The lowest BCUT2D eigenvalue weighted by molar-refractivity contribution is 0.426. The molecule has 336 valence electrons. The Morgan fingerprint density at radius 2 is 0.486 bits per heavy atom. The van der Waals surface area contributed by atoms with Crippen LogP contribution in [-0.2, 0) is 0 Å². The maximum atomic E-state index is 9.45. The third kappa shape index (κ3) is 7.80. The average Bonchev–Trinajstić information content (AvgIpc) is 3.74. The molecule has 0 radical (unpaired) electrons. The highest BCUT2D eigenvalue weighted by Gasteiger charge is 2.19. The standard InChI is InChI=1S/C38H25N.C26H19BO2.2CH4/c1-2-12-26(13-3-1)37-31-16-4-6-18-33(31)38(34-19-7-5-17-32(34)37)27-22-24-28(25-23-27)39-35-20-10-8-14-29(35)30-15-9-11-21-36(30)39;28-27(29)20-16-14-19(15-17-20)26-23-12-6-4-10-21(23)25(18-8-2-1-3-9-18)22-11-5-7-13-24(22)26;;/h1-25H;1-17,28-29H;2*1H4.